The van der Waals surface area contributed by atoms with E-state index in [9.17, 15) is 4.79 Å². The Balaban J connectivity index is 2.26. The first-order valence-electron chi connectivity index (χ1n) is 6.10. The predicted octanol–water partition coefficient (Wildman–Crippen LogP) is 1.64. The molecule has 0 aliphatic rings. The minimum absolute atomic E-state index is 0.244. The van der Waals surface area contributed by atoms with E-state index < -0.39 is 5.54 Å². The normalized spacial score (nSPS) is 10.9. The van der Waals surface area contributed by atoms with E-state index in [2.05, 4.69) is 16.2 Å². The topological polar surface area (TPSA) is 74.8 Å². The molecule has 20 heavy (non-hydrogen) atoms. The molecule has 6 nitrogen and oxygen atoms in total. The van der Waals surface area contributed by atoms with Crippen molar-refractivity contribution in [1.29, 1.82) is 5.26 Å². The van der Waals surface area contributed by atoms with E-state index in [1.807, 2.05) is 6.07 Å². The molecule has 102 valence electrons. The minimum Gasteiger partial charge on any atom is -0.323 e. The lowest BCUT2D eigenvalue weighted by atomic mass is 10.1. The van der Waals surface area contributed by atoms with E-state index >= 15 is 0 Å². The number of pyridine rings is 1. The zero-order valence-electron chi connectivity index (χ0n) is 11.6. The van der Waals surface area contributed by atoms with E-state index in [1.54, 1.807) is 50.2 Å². The third-order valence-electron chi connectivity index (χ3n) is 3.16. The summed E-state index contributed by atoms with van der Waals surface area (Å²) in [5.74, 6) is -0.244. The number of aromatic nitrogens is 3. The van der Waals surface area contributed by atoms with Crippen LogP contribution >= 0.6 is 0 Å². The molecule has 0 bridgehead atoms. The Morgan fingerprint density at radius 2 is 2.20 bits per heavy atom. The molecule has 0 saturated carbocycles. The number of carbonyl (C=O) groups is 1. The maximum absolute atomic E-state index is 12.3. The molecule has 0 N–H and O–H groups in total. The average molecular weight is 269 g/mol. The monoisotopic (exact) mass is 269 g/mol. The van der Waals surface area contributed by atoms with E-state index in [-0.39, 0.29) is 5.91 Å². The minimum atomic E-state index is -0.868. The van der Waals surface area contributed by atoms with E-state index in [0.29, 0.717) is 5.56 Å². The van der Waals surface area contributed by atoms with Crippen molar-refractivity contribution in [3.05, 3.63) is 42.5 Å². The zero-order valence-corrected chi connectivity index (χ0v) is 11.6. The highest BCUT2D eigenvalue weighted by Crippen LogP contribution is 2.15. The van der Waals surface area contributed by atoms with Gasteiger partial charge in [0.2, 0.25) is 0 Å². The van der Waals surface area contributed by atoms with Crippen molar-refractivity contribution in [1.82, 2.24) is 19.7 Å². The molecule has 0 aliphatic heterocycles. The van der Waals surface area contributed by atoms with Gasteiger partial charge in [0.1, 0.15) is 5.54 Å². The largest absolute Gasteiger partial charge is 0.323 e. The van der Waals surface area contributed by atoms with Crippen molar-refractivity contribution in [3.8, 4) is 11.8 Å². The van der Waals surface area contributed by atoms with Gasteiger partial charge in [-0.05, 0) is 26.0 Å². The summed E-state index contributed by atoms with van der Waals surface area (Å²) < 4.78 is 1.58. The molecule has 0 atom stereocenters. The van der Waals surface area contributed by atoms with Crippen molar-refractivity contribution in [3.63, 3.8) is 0 Å². The van der Waals surface area contributed by atoms with Crippen molar-refractivity contribution in [2.45, 2.75) is 19.4 Å². The summed E-state index contributed by atoms with van der Waals surface area (Å²) in [5.41, 5.74) is 0.335. The van der Waals surface area contributed by atoms with Crippen LogP contribution in [0.5, 0.6) is 0 Å². The van der Waals surface area contributed by atoms with Crippen molar-refractivity contribution >= 4 is 5.91 Å². The smallest absolute Gasteiger partial charge is 0.258 e. The van der Waals surface area contributed by atoms with E-state index in [4.69, 9.17) is 5.26 Å². The lowest BCUT2D eigenvalue weighted by molar-refractivity contribution is 0.0698. The van der Waals surface area contributed by atoms with Gasteiger partial charge in [0, 0.05) is 19.4 Å². The molecule has 0 aromatic carbocycles. The van der Waals surface area contributed by atoms with Crippen LogP contribution < -0.4 is 0 Å². The molecule has 2 rings (SSSR count). The summed E-state index contributed by atoms with van der Waals surface area (Å²) >= 11 is 0. The SMILES string of the molecule is CN(C(=O)c1cnn(-c2cccnc2)c1)C(C)(C)C#N. The van der Waals surface area contributed by atoms with Crippen LogP contribution in [-0.2, 0) is 0 Å². The van der Waals surface area contributed by atoms with Gasteiger partial charge in [-0.25, -0.2) is 4.68 Å². The van der Waals surface area contributed by atoms with Gasteiger partial charge in [-0.2, -0.15) is 10.4 Å². The third kappa shape index (κ3) is 2.52. The Morgan fingerprint density at radius 3 is 2.80 bits per heavy atom. The highest BCUT2D eigenvalue weighted by atomic mass is 16.2. The number of rotatable bonds is 3. The van der Waals surface area contributed by atoms with Gasteiger partial charge in [0.25, 0.3) is 5.91 Å². The lowest BCUT2D eigenvalue weighted by Gasteiger charge is -2.28. The zero-order chi connectivity index (χ0) is 14.8. The summed E-state index contributed by atoms with van der Waals surface area (Å²) in [4.78, 5) is 17.7. The van der Waals surface area contributed by atoms with Crippen molar-refractivity contribution in [2.75, 3.05) is 7.05 Å². The molecule has 2 heterocycles. The van der Waals surface area contributed by atoms with Gasteiger partial charge in [-0.15, -0.1) is 0 Å². The number of nitrogens with zero attached hydrogens (tertiary/aromatic N) is 5. The second-order valence-electron chi connectivity index (χ2n) is 4.92. The van der Waals surface area contributed by atoms with E-state index in [0.717, 1.165) is 5.69 Å². The molecule has 0 aliphatic carbocycles. The van der Waals surface area contributed by atoms with Crippen molar-refractivity contribution < 1.29 is 4.79 Å². The summed E-state index contributed by atoms with van der Waals surface area (Å²) in [6.07, 6.45) is 6.44. The summed E-state index contributed by atoms with van der Waals surface area (Å²) in [5, 5.41) is 13.2. The van der Waals surface area contributed by atoms with Gasteiger partial charge in [0.05, 0.1) is 29.7 Å². The lowest BCUT2D eigenvalue weighted by Crippen LogP contribution is -2.43. The second kappa shape index (κ2) is 5.13. The van der Waals surface area contributed by atoms with Crippen LogP contribution in [0.25, 0.3) is 5.69 Å². The second-order valence-corrected chi connectivity index (χ2v) is 4.92. The molecular weight excluding hydrogens is 254 g/mol. The molecular formula is C14H15N5O. The Labute approximate surface area is 117 Å². The molecule has 1 amide bonds. The van der Waals surface area contributed by atoms with Gasteiger partial charge < -0.3 is 4.90 Å². The van der Waals surface area contributed by atoms with Gasteiger partial charge in [-0.3, -0.25) is 9.78 Å². The summed E-state index contributed by atoms with van der Waals surface area (Å²) in [7, 11) is 1.60. The van der Waals surface area contributed by atoms with Gasteiger partial charge in [0.15, 0.2) is 0 Å². The number of hydrogen-bond acceptors (Lipinski definition) is 4. The van der Waals surface area contributed by atoms with Crippen LogP contribution in [0.4, 0.5) is 0 Å². The quantitative estimate of drug-likeness (QED) is 0.849. The summed E-state index contributed by atoms with van der Waals surface area (Å²) in [6, 6.07) is 5.74. The Hall–Kier alpha value is -2.68. The summed E-state index contributed by atoms with van der Waals surface area (Å²) in [6.45, 7) is 3.38. The maximum atomic E-state index is 12.3. The average Bonchev–Trinajstić information content (AvgIpc) is 2.96. The number of carbonyl (C=O) groups excluding carboxylic acids is 1. The van der Waals surface area contributed by atoms with Crippen LogP contribution in [0, 0.1) is 11.3 Å². The standard InChI is InChI=1S/C14H15N5O/c1-14(2,10-15)18(3)13(20)11-7-17-19(9-11)12-5-4-6-16-8-12/h4-9H,1-3H3. The molecule has 2 aromatic heterocycles. The highest BCUT2D eigenvalue weighted by Gasteiger charge is 2.28. The number of hydrogen-bond donors (Lipinski definition) is 0. The molecule has 6 heteroatoms. The van der Waals surface area contributed by atoms with Crippen LogP contribution in [0.3, 0.4) is 0 Å². The Morgan fingerprint density at radius 1 is 1.45 bits per heavy atom. The fourth-order valence-corrected chi connectivity index (χ4v) is 1.59. The Kier molecular flexibility index (Phi) is 3.53. The van der Waals surface area contributed by atoms with Crippen LogP contribution in [0.2, 0.25) is 0 Å². The highest BCUT2D eigenvalue weighted by molar-refractivity contribution is 5.94. The van der Waals surface area contributed by atoms with Crippen LogP contribution in [-0.4, -0.2) is 38.2 Å². The molecule has 0 saturated heterocycles. The molecule has 0 spiro atoms. The fraction of sp³-hybridized carbons (Fsp3) is 0.286. The first-order chi connectivity index (χ1) is 9.45. The molecule has 2 aromatic rings. The third-order valence-corrected chi connectivity index (χ3v) is 3.16. The fourth-order valence-electron chi connectivity index (χ4n) is 1.59. The first kappa shape index (κ1) is 13.7. The van der Waals surface area contributed by atoms with Crippen molar-refractivity contribution in [2.24, 2.45) is 0 Å². The molecule has 0 unspecified atom stereocenters. The van der Waals surface area contributed by atoms with E-state index in [1.165, 1.54) is 11.1 Å². The van der Waals surface area contributed by atoms with Gasteiger partial charge in [-0.1, -0.05) is 0 Å². The molecule has 0 radical (unpaired) electrons. The number of nitriles is 1. The number of amides is 1. The van der Waals surface area contributed by atoms with Crippen LogP contribution in [0.1, 0.15) is 24.2 Å². The Bertz CT molecular complexity index is 654. The maximum Gasteiger partial charge on any atom is 0.258 e. The van der Waals surface area contributed by atoms with Crippen LogP contribution in [0.15, 0.2) is 36.9 Å². The molecule has 0 fully saturated rings. The predicted molar refractivity (Wildman–Crippen MR) is 73.1 cm³/mol. The van der Waals surface area contributed by atoms with Gasteiger partial charge >= 0.3 is 0 Å². The first-order valence-corrected chi connectivity index (χ1v) is 6.10.